The van der Waals surface area contributed by atoms with Gasteiger partial charge in [0.15, 0.2) is 0 Å². The summed E-state index contributed by atoms with van der Waals surface area (Å²) in [5, 5.41) is 0.352. The first kappa shape index (κ1) is 11.9. The number of aryl methyl sites for hydroxylation is 1. The zero-order chi connectivity index (χ0) is 12.4. The second kappa shape index (κ2) is 4.75. The minimum Gasteiger partial charge on any atom is -0.300 e. The molecule has 2 aromatic rings. The lowest BCUT2D eigenvalue weighted by molar-refractivity contribution is 0.591. The molecule has 0 unspecified atom stereocenters. The van der Waals surface area contributed by atoms with Crippen molar-refractivity contribution in [1.82, 2.24) is 9.13 Å². The number of rotatable bonds is 3. The molecule has 0 saturated heterocycles. The molecule has 0 spiro atoms. The van der Waals surface area contributed by atoms with Gasteiger partial charge in [0.05, 0.1) is 6.54 Å². The smallest absolute Gasteiger partial charge is 0.300 e. The highest BCUT2D eigenvalue weighted by molar-refractivity contribution is 6.30. The first-order valence-corrected chi connectivity index (χ1v) is 5.69. The molecule has 0 radical (unpaired) electrons. The third-order valence-corrected chi connectivity index (χ3v) is 2.85. The molecule has 1 aromatic heterocycles. The summed E-state index contributed by atoms with van der Waals surface area (Å²) in [6.45, 7) is 2.71. The van der Waals surface area contributed by atoms with E-state index in [0.29, 0.717) is 17.1 Å². The summed E-state index contributed by atoms with van der Waals surface area (Å²) in [5.41, 5.74) is 0.312. The van der Waals surface area contributed by atoms with Crippen LogP contribution < -0.4 is 5.69 Å². The molecule has 0 N–H and O–H groups in total. The van der Waals surface area contributed by atoms with E-state index in [0.717, 1.165) is 0 Å². The van der Waals surface area contributed by atoms with Gasteiger partial charge in [0.1, 0.15) is 5.82 Å². The maximum absolute atomic E-state index is 13.5. The summed E-state index contributed by atoms with van der Waals surface area (Å²) in [6, 6.07) is 4.45. The van der Waals surface area contributed by atoms with Crippen molar-refractivity contribution in [2.24, 2.45) is 0 Å². The van der Waals surface area contributed by atoms with Crippen LogP contribution in [0.5, 0.6) is 0 Å². The number of aromatic nitrogens is 2. The van der Waals surface area contributed by atoms with Crippen molar-refractivity contribution in [3.63, 3.8) is 0 Å². The van der Waals surface area contributed by atoms with Gasteiger partial charge < -0.3 is 0 Å². The van der Waals surface area contributed by atoms with Crippen LogP contribution in [0.15, 0.2) is 35.4 Å². The van der Waals surface area contributed by atoms with E-state index < -0.39 is 5.82 Å². The van der Waals surface area contributed by atoms with Crippen molar-refractivity contribution >= 4 is 11.6 Å². The van der Waals surface area contributed by atoms with Gasteiger partial charge in [-0.15, -0.1) is 0 Å². The fourth-order valence-corrected chi connectivity index (χ4v) is 1.81. The van der Waals surface area contributed by atoms with Crippen LogP contribution in [0.2, 0.25) is 5.02 Å². The molecule has 0 atom stereocenters. The zero-order valence-electron chi connectivity index (χ0n) is 9.36. The number of halogens is 2. The molecule has 0 aliphatic carbocycles. The van der Waals surface area contributed by atoms with Gasteiger partial charge in [0.25, 0.3) is 0 Å². The normalized spacial score (nSPS) is 10.8. The van der Waals surface area contributed by atoms with E-state index in [1.165, 1.54) is 10.6 Å². The zero-order valence-corrected chi connectivity index (χ0v) is 10.1. The first-order chi connectivity index (χ1) is 8.11. The molecule has 5 heteroatoms. The van der Waals surface area contributed by atoms with Crippen LogP contribution in [0.3, 0.4) is 0 Å². The highest BCUT2D eigenvalue weighted by Gasteiger charge is 2.06. The van der Waals surface area contributed by atoms with Crippen molar-refractivity contribution in [3.8, 4) is 0 Å². The Morgan fingerprint density at radius 1 is 1.29 bits per heavy atom. The molecular weight excluding hydrogens is 243 g/mol. The van der Waals surface area contributed by atoms with Crippen molar-refractivity contribution in [1.29, 1.82) is 0 Å². The van der Waals surface area contributed by atoms with E-state index in [9.17, 15) is 9.18 Å². The van der Waals surface area contributed by atoms with E-state index in [2.05, 4.69) is 0 Å². The van der Waals surface area contributed by atoms with Gasteiger partial charge in [-0.05, 0) is 19.1 Å². The molecule has 0 fully saturated rings. The topological polar surface area (TPSA) is 26.9 Å². The average molecular weight is 255 g/mol. The molecule has 2 rings (SSSR count). The number of nitrogens with zero attached hydrogens (tertiary/aromatic N) is 2. The molecule has 17 heavy (non-hydrogen) atoms. The summed E-state index contributed by atoms with van der Waals surface area (Å²) >= 11 is 5.67. The Hall–Kier alpha value is -1.55. The molecule has 0 bridgehead atoms. The molecule has 0 saturated carbocycles. The van der Waals surface area contributed by atoms with Gasteiger partial charge in [-0.1, -0.05) is 17.7 Å². The van der Waals surface area contributed by atoms with Gasteiger partial charge in [-0.2, -0.15) is 0 Å². The van der Waals surface area contributed by atoms with E-state index in [-0.39, 0.29) is 12.2 Å². The predicted molar refractivity (Wildman–Crippen MR) is 64.9 cm³/mol. The number of hydrogen-bond acceptors (Lipinski definition) is 1. The molecular formula is C12H12ClFN2O. The summed E-state index contributed by atoms with van der Waals surface area (Å²) in [4.78, 5) is 11.8. The molecule has 90 valence electrons. The van der Waals surface area contributed by atoms with Gasteiger partial charge in [-0.25, -0.2) is 9.18 Å². The Morgan fingerprint density at radius 2 is 2.00 bits per heavy atom. The molecule has 3 nitrogen and oxygen atoms in total. The number of imidazole rings is 1. The summed E-state index contributed by atoms with van der Waals surface area (Å²) in [6.07, 6.45) is 3.34. The maximum atomic E-state index is 13.5. The van der Waals surface area contributed by atoms with Crippen LogP contribution in [0.25, 0.3) is 0 Å². The fraction of sp³-hybridized carbons (Fsp3) is 0.250. The van der Waals surface area contributed by atoms with Gasteiger partial charge in [0, 0.05) is 29.5 Å². The highest BCUT2D eigenvalue weighted by Crippen LogP contribution is 2.15. The van der Waals surface area contributed by atoms with Crippen LogP contribution in [0.1, 0.15) is 12.5 Å². The van der Waals surface area contributed by atoms with Crippen molar-refractivity contribution in [3.05, 3.63) is 57.5 Å². The largest absolute Gasteiger partial charge is 0.328 e. The van der Waals surface area contributed by atoms with E-state index in [1.54, 1.807) is 29.1 Å². The minimum atomic E-state index is -0.395. The maximum Gasteiger partial charge on any atom is 0.328 e. The van der Waals surface area contributed by atoms with Gasteiger partial charge >= 0.3 is 5.69 Å². The predicted octanol–water partition coefficient (Wildman–Crippen LogP) is 2.51. The Labute approximate surface area is 103 Å². The highest BCUT2D eigenvalue weighted by atomic mass is 35.5. The third-order valence-electron chi connectivity index (χ3n) is 2.61. The molecule has 0 aliphatic heterocycles. The van der Waals surface area contributed by atoms with Gasteiger partial charge in [0.2, 0.25) is 0 Å². The van der Waals surface area contributed by atoms with Crippen LogP contribution >= 0.6 is 11.6 Å². The molecule has 1 aromatic carbocycles. The van der Waals surface area contributed by atoms with Crippen molar-refractivity contribution in [2.75, 3.05) is 0 Å². The van der Waals surface area contributed by atoms with E-state index >= 15 is 0 Å². The van der Waals surface area contributed by atoms with Gasteiger partial charge in [-0.3, -0.25) is 9.13 Å². The molecule has 0 aliphatic rings. The Bertz CT molecular complexity index is 588. The van der Waals surface area contributed by atoms with Crippen LogP contribution in [-0.4, -0.2) is 9.13 Å². The summed E-state index contributed by atoms with van der Waals surface area (Å²) in [5.74, 6) is -0.395. The lowest BCUT2D eigenvalue weighted by atomic mass is 10.2. The monoisotopic (exact) mass is 254 g/mol. The second-order valence-corrected chi connectivity index (χ2v) is 4.17. The van der Waals surface area contributed by atoms with Crippen molar-refractivity contribution < 1.29 is 4.39 Å². The standard InChI is InChI=1S/C12H12ClFN2O/c1-2-15-5-6-16(12(15)17)8-9-3-4-10(13)7-11(9)14/h3-7H,2,8H2,1H3. The Kier molecular flexibility index (Phi) is 3.33. The number of benzene rings is 1. The summed E-state index contributed by atoms with van der Waals surface area (Å²) in [7, 11) is 0. The first-order valence-electron chi connectivity index (χ1n) is 5.31. The second-order valence-electron chi connectivity index (χ2n) is 3.73. The third kappa shape index (κ3) is 2.42. The Balaban J connectivity index is 2.31. The minimum absolute atomic E-state index is 0.137. The molecule has 1 heterocycles. The van der Waals surface area contributed by atoms with E-state index in [4.69, 9.17) is 11.6 Å². The lowest BCUT2D eigenvalue weighted by Gasteiger charge is -2.04. The SMILES string of the molecule is CCn1ccn(Cc2ccc(Cl)cc2F)c1=O. The van der Waals surface area contributed by atoms with Crippen LogP contribution in [0.4, 0.5) is 4.39 Å². The quantitative estimate of drug-likeness (QED) is 0.827. The average Bonchev–Trinajstić information content (AvgIpc) is 2.64. The number of hydrogen-bond donors (Lipinski definition) is 0. The lowest BCUT2D eigenvalue weighted by Crippen LogP contribution is -2.24. The van der Waals surface area contributed by atoms with Crippen molar-refractivity contribution in [2.45, 2.75) is 20.0 Å². The summed E-state index contributed by atoms with van der Waals surface area (Å²) < 4.78 is 16.6. The van der Waals surface area contributed by atoms with Crippen LogP contribution in [0, 0.1) is 5.82 Å². The van der Waals surface area contributed by atoms with Crippen LogP contribution in [-0.2, 0) is 13.1 Å². The van der Waals surface area contributed by atoms with E-state index in [1.807, 2.05) is 6.92 Å². The molecule has 0 amide bonds. The Morgan fingerprint density at radius 3 is 2.59 bits per heavy atom. The fourth-order valence-electron chi connectivity index (χ4n) is 1.65.